The summed E-state index contributed by atoms with van der Waals surface area (Å²) in [4.78, 5) is 16.2. The van der Waals surface area contributed by atoms with Crippen molar-refractivity contribution in [2.75, 3.05) is 7.11 Å². The number of methoxy groups -OCH3 is 1. The summed E-state index contributed by atoms with van der Waals surface area (Å²) in [5.41, 5.74) is 2.62. The minimum absolute atomic E-state index is 0.392. The van der Waals surface area contributed by atoms with Crippen LogP contribution in [0.15, 0.2) is 48.5 Å². The van der Waals surface area contributed by atoms with Crippen LogP contribution in [0.5, 0.6) is 0 Å². The zero-order valence-electron chi connectivity index (χ0n) is 11.6. The maximum atomic E-state index is 11.6. The Labute approximate surface area is 137 Å². The molecular formula is C17H11Cl2NO2. The summed E-state index contributed by atoms with van der Waals surface area (Å²) in [7, 11) is 1.35. The van der Waals surface area contributed by atoms with Crippen LogP contribution in [-0.4, -0.2) is 18.1 Å². The highest BCUT2D eigenvalue weighted by molar-refractivity contribution is 6.36. The van der Waals surface area contributed by atoms with Gasteiger partial charge in [0.2, 0.25) is 0 Å². The van der Waals surface area contributed by atoms with Gasteiger partial charge in [0.1, 0.15) is 0 Å². The monoisotopic (exact) mass is 331 g/mol. The van der Waals surface area contributed by atoms with Gasteiger partial charge in [-0.15, -0.1) is 0 Å². The second-order valence-electron chi connectivity index (χ2n) is 4.72. The van der Waals surface area contributed by atoms with Gasteiger partial charge in [-0.3, -0.25) is 0 Å². The number of carbonyl (C=O) groups is 1. The zero-order valence-corrected chi connectivity index (χ0v) is 13.2. The lowest BCUT2D eigenvalue weighted by molar-refractivity contribution is 0.0601. The number of hydrogen-bond acceptors (Lipinski definition) is 3. The molecule has 3 rings (SSSR count). The lowest BCUT2D eigenvalue weighted by atomic mass is 10.1. The van der Waals surface area contributed by atoms with Gasteiger partial charge >= 0.3 is 5.97 Å². The fourth-order valence-corrected chi connectivity index (χ4v) is 2.66. The summed E-state index contributed by atoms with van der Waals surface area (Å²) in [6.45, 7) is 0. The van der Waals surface area contributed by atoms with Gasteiger partial charge in [-0.2, -0.15) is 0 Å². The molecule has 3 nitrogen and oxygen atoms in total. The van der Waals surface area contributed by atoms with E-state index in [9.17, 15) is 4.79 Å². The van der Waals surface area contributed by atoms with E-state index < -0.39 is 5.97 Å². The van der Waals surface area contributed by atoms with Crippen LogP contribution in [0.3, 0.4) is 0 Å². The number of rotatable bonds is 2. The number of fused-ring (bicyclic) bond motifs is 1. The van der Waals surface area contributed by atoms with Crippen LogP contribution >= 0.6 is 23.2 Å². The first-order valence-corrected chi connectivity index (χ1v) is 7.28. The quantitative estimate of drug-likeness (QED) is 0.620. The number of ether oxygens (including phenoxy) is 1. The van der Waals surface area contributed by atoms with Crippen molar-refractivity contribution in [3.8, 4) is 11.3 Å². The predicted octanol–water partition coefficient (Wildman–Crippen LogP) is 5.00. The lowest BCUT2D eigenvalue weighted by Crippen LogP contribution is -2.01. The first kappa shape index (κ1) is 14.8. The molecule has 0 amide bonds. The molecule has 1 heterocycles. The fraction of sp³-hybridized carbons (Fsp3) is 0.0588. The largest absolute Gasteiger partial charge is 0.465 e. The molecule has 0 aliphatic rings. The molecule has 0 atom stereocenters. The molecule has 1 aromatic heterocycles. The Balaban J connectivity index is 2.16. The molecule has 0 fully saturated rings. The Morgan fingerprint density at radius 2 is 1.91 bits per heavy atom. The molecule has 3 aromatic rings. The molecule has 0 bridgehead atoms. The van der Waals surface area contributed by atoms with E-state index in [0.717, 1.165) is 10.9 Å². The number of pyridine rings is 1. The highest BCUT2D eigenvalue weighted by Gasteiger charge is 2.10. The minimum atomic E-state index is -0.392. The summed E-state index contributed by atoms with van der Waals surface area (Å²) in [6.07, 6.45) is 0. The molecule has 0 aliphatic heterocycles. The third-order valence-corrected chi connectivity index (χ3v) is 3.85. The van der Waals surface area contributed by atoms with Gasteiger partial charge in [0.05, 0.1) is 28.9 Å². The number of nitrogens with zero attached hydrogens (tertiary/aromatic N) is 1. The smallest absolute Gasteiger partial charge is 0.337 e. The van der Waals surface area contributed by atoms with Crippen LogP contribution in [0.25, 0.3) is 22.2 Å². The summed E-state index contributed by atoms with van der Waals surface area (Å²) in [6, 6.07) is 14.2. The highest BCUT2D eigenvalue weighted by atomic mass is 35.5. The maximum absolute atomic E-state index is 11.6. The third-order valence-electron chi connectivity index (χ3n) is 3.30. The molecule has 0 saturated heterocycles. The normalized spacial score (nSPS) is 10.7. The average molecular weight is 332 g/mol. The first-order valence-electron chi connectivity index (χ1n) is 6.53. The zero-order chi connectivity index (χ0) is 15.7. The van der Waals surface area contributed by atoms with E-state index >= 15 is 0 Å². The van der Waals surface area contributed by atoms with E-state index in [-0.39, 0.29) is 0 Å². The van der Waals surface area contributed by atoms with E-state index in [1.165, 1.54) is 7.11 Å². The van der Waals surface area contributed by atoms with Gasteiger partial charge in [-0.25, -0.2) is 9.78 Å². The molecule has 2 aromatic carbocycles. The number of esters is 1. The Morgan fingerprint density at radius 3 is 2.68 bits per heavy atom. The summed E-state index contributed by atoms with van der Waals surface area (Å²) >= 11 is 12.3. The predicted molar refractivity (Wildman–Crippen MR) is 88.5 cm³/mol. The number of carbonyl (C=O) groups excluding carboxylic acids is 1. The van der Waals surface area contributed by atoms with E-state index in [0.29, 0.717) is 26.8 Å². The molecule has 110 valence electrons. The molecule has 0 radical (unpaired) electrons. The van der Waals surface area contributed by atoms with Crippen LogP contribution < -0.4 is 0 Å². The van der Waals surface area contributed by atoms with Crippen molar-refractivity contribution in [2.45, 2.75) is 0 Å². The van der Waals surface area contributed by atoms with Crippen molar-refractivity contribution in [3.63, 3.8) is 0 Å². The fourth-order valence-electron chi connectivity index (χ4n) is 2.23. The maximum Gasteiger partial charge on any atom is 0.337 e. The molecule has 0 unspecified atom stereocenters. The molecular weight excluding hydrogens is 321 g/mol. The van der Waals surface area contributed by atoms with Crippen LogP contribution in [-0.2, 0) is 4.74 Å². The van der Waals surface area contributed by atoms with Crippen LogP contribution in [0.1, 0.15) is 10.4 Å². The SMILES string of the molecule is COC(=O)c1cccc(-c2cc(Cl)c3ccc(Cl)cc3n2)c1. The van der Waals surface area contributed by atoms with Gasteiger partial charge in [0, 0.05) is 16.0 Å². The van der Waals surface area contributed by atoms with Crippen molar-refractivity contribution in [1.29, 1.82) is 0 Å². The Morgan fingerprint density at radius 1 is 1.09 bits per heavy atom. The lowest BCUT2D eigenvalue weighted by Gasteiger charge is -2.07. The molecule has 5 heteroatoms. The van der Waals surface area contributed by atoms with Gasteiger partial charge in [0.15, 0.2) is 0 Å². The molecule has 0 N–H and O–H groups in total. The molecule has 0 aliphatic carbocycles. The topological polar surface area (TPSA) is 39.2 Å². The Bertz CT molecular complexity index is 878. The van der Waals surface area contributed by atoms with Crippen molar-refractivity contribution < 1.29 is 9.53 Å². The average Bonchev–Trinajstić information content (AvgIpc) is 2.53. The van der Waals surface area contributed by atoms with Crippen LogP contribution in [0.4, 0.5) is 0 Å². The minimum Gasteiger partial charge on any atom is -0.465 e. The van der Waals surface area contributed by atoms with Gasteiger partial charge < -0.3 is 4.74 Å². The van der Waals surface area contributed by atoms with Crippen molar-refractivity contribution >= 4 is 40.1 Å². The van der Waals surface area contributed by atoms with E-state index in [1.54, 1.807) is 36.4 Å². The molecule has 22 heavy (non-hydrogen) atoms. The Kier molecular flexibility index (Phi) is 4.01. The number of benzene rings is 2. The first-order chi connectivity index (χ1) is 10.6. The van der Waals surface area contributed by atoms with Crippen LogP contribution in [0.2, 0.25) is 10.0 Å². The third kappa shape index (κ3) is 2.78. The van der Waals surface area contributed by atoms with E-state index in [2.05, 4.69) is 4.98 Å². The van der Waals surface area contributed by atoms with Crippen LogP contribution in [0, 0.1) is 0 Å². The van der Waals surface area contributed by atoms with Crippen molar-refractivity contribution in [2.24, 2.45) is 0 Å². The second-order valence-corrected chi connectivity index (χ2v) is 5.57. The summed E-state index contributed by atoms with van der Waals surface area (Å²) in [5.74, 6) is -0.392. The number of aromatic nitrogens is 1. The molecule has 0 saturated carbocycles. The standard InChI is InChI=1S/C17H11Cl2NO2/c1-22-17(21)11-4-2-3-10(7-11)15-9-14(19)13-6-5-12(18)8-16(13)20-15/h2-9H,1H3. The van der Waals surface area contributed by atoms with Gasteiger partial charge in [0.25, 0.3) is 0 Å². The van der Waals surface area contributed by atoms with Crippen molar-refractivity contribution in [3.05, 3.63) is 64.1 Å². The molecule has 0 spiro atoms. The van der Waals surface area contributed by atoms with E-state index in [4.69, 9.17) is 27.9 Å². The number of halogens is 2. The van der Waals surface area contributed by atoms with Gasteiger partial charge in [-0.1, -0.05) is 35.3 Å². The Hall–Kier alpha value is -2.10. The number of hydrogen-bond donors (Lipinski definition) is 0. The van der Waals surface area contributed by atoms with Gasteiger partial charge in [-0.05, 0) is 36.4 Å². The second kappa shape index (κ2) is 5.95. The highest BCUT2D eigenvalue weighted by Crippen LogP contribution is 2.30. The van der Waals surface area contributed by atoms with Crippen molar-refractivity contribution in [1.82, 2.24) is 4.98 Å². The van der Waals surface area contributed by atoms with E-state index in [1.807, 2.05) is 12.1 Å². The summed E-state index contributed by atoms with van der Waals surface area (Å²) in [5, 5.41) is 2.01. The summed E-state index contributed by atoms with van der Waals surface area (Å²) < 4.78 is 4.73.